The van der Waals surface area contributed by atoms with Gasteiger partial charge in [0.1, 0.15) is 16.2 Å². The Kier molecular flexibility index (Phi) is 3.14. The zero-order valence-electron chi connectivity index (χ0n) is 11.1. The number of β-lactam (4-membered cyclic amide) rings is 1. The van der Waals surface area contributed by atoms with E-state index in [1.165, 1.54) is 13.8 Å². The fourth-order valence-corrected chi connectivity index (χ4v) is 5.26. The number of sulfone groups is 1. The zero-order chi connectivity index (χ0) is 14.7. The number of amides is 1. The van der Waals surface area contributed by atoms with Crippen molar-refractivity contribution in [1.29, 1.82) is 0 Å². The van der Waals surface area contributed by atoms with Crippen molar-refractivity contribution < 1.29 is 22.7 Å². The van der Waals surface area contributed by atoms with E-state index >= 15 is 0 Å². The predicted octanol–water partition coefficient (Wildman–Crippen LogP) is 0.289. The van der Waals surface area contributed by atoms with E-state index in [0.717, 1.165) is 4.90 Å². The van der Waals surface area contributed by atoms with Gasteiger partial charge >= 0.3 is 5.97 Å². The van der Waals surface area contributed by atoms with Crippen molar-refractivity contribution in [3.63, 3.8) is 0 Å². The molecule has 0 unspecified atom stereocenters. The SMILES string of the molecule is CC(C)OC(=O)[C@@H]1N2C(=O)[C@H](Cl)[C@H]2S(=O)(=O)C1(C)C. The number of carbonyl (C=O) groups excluding carboxylic acids is 2. The Bertz CT molecular complexity index is 541. The van der Waals surface area contributed by atoms with Crippen molar-refractivity contribution >= 4 is 33.3 Å². The van der Waals surface area contributed by atoms with Crippen molar-refractivity contribution in [3.05, 3.63) is 0 Å². The van der Waals surface area contributed by atoms with Crippen LogP contribution in [0.5, 0.6) is 0 Å². The highest BCUT2D eigenvalue weighted by Gasteiger charge is 2.72. The van der Waals surface area contributed by atoms with Gasteiger partial charge in [0.25, 0.3) is 0 Å². The number of carbonyl (C=O) groups is 2. The molecule has 0 aromatic heterocycles. The summed E-state index contributed by atoms with van der Waals surface area (Å²) in [5, 5.41) is -2.23. The molecule has 0 saturated carbocycles. The number of esters is 1. The van der Waals surface area contributed by atoms with Gasteiger partial charge in [0.05, 0.1) is 6.10 Å². The lowest BCUT2D eigenvalue weighted by atomic mass is 9.98. The highest BCUT2D eigenvalue weighted by atomic mass is 35.5. The maximum absolute atomic E-state index is 12.3. The van der Waals surface area contributed by atoms with Crippen molar-refractivity contribution in [2.24, 2.45) is 0 Å². The lowest BCUT2D eigenvalue weighted by Gasteiger charge is -2.39. The van der Waals surface area contributed by atoms with Crippen molar-refractivity contribution in [2.45, 2.75) is 55.3 Å². The molecule has 6 nitrogen and oxygen atoms in total. The molecule has 0 bridgehead atoms. The highest BCUT2D eigenvalue weighted by molar-refractivity contribution is 7.94. The smallest absolute Gasteiger partial charge is 0.330 e. The third-order valence-corrected chi connectivity index (χ3v) is 6.98. The lowest BCUT2D eigenvalue weighted by Crippen LogP contribution is -2.64. The molecule has 2 aliphatic heterocycles. The molecule has 3 atom stereocenters. The Morgan fingerprint density at radius 1 is 1.42 bits per heavy atom. The van der Waals surface area contributed by atoms with E-state index < -0.39 is 43.3 Å². The van der Waals surface area contributed by atoms with Gasteiger partial charge in [-0.1, -0.05) is 0 Å². The first kappa shape index (κ1) is 14.6. The largest absolute Gasteiger partial charge is 0.461 e. The van der Waals surface area contributed by atoms with E-state index in [1.54, 1.807) is 13.8 Å². The molecule has 0 aliphatic carbocycles. The monoisotopic (exact) mass is 309 g/mol. The first-order valence-electron chi connectivity index (χ1n) is 5.93. The van der Waals surface area contributed by atoms with Crippen LogP contribution in [0.15, 0.2) is 0 Å². The molecule has 2 saturated heterocycles. The van der Waals surface area contributed by atoms with E-state index in [-0.39, 0.29) is 6.10 Å². The Morgan fingerprint density at radius 2 is 1.95 bits per heavy atom. The summed E-state index contributed by atoms with van der Waals surface area (Å²) in [4.78, 5) is 24.9. The Balaban J connectivity index is 2.44. The second kappa shape index (κ2) is 4.09. The second-order valence-electron chi connectivity index (χ2n) is 5.57. The van der Waals surface area contributed by atoms with E-state index in [2.05, 4.69) is 0 Å². The normalized spacial score (nSPS) is 34.9. The van der Waals surface area contributed by atoms with Crippen LogP contribution in [0.4, 0.5) is 0 Å². The van der Waals surface area contributed by atoms with Gasteiger partial charge in [0, 0.05) is 0 Å². The molecule has 2 heterocycles. The van der Waals surface area contributed by atoms with Crippen molar-refractivity contribution in [3.8, 4) is 0 Å². The molecule has 0 aromatic rings. The van der Waals surface area contributed by atoms with Crippen LogP contribution in [0, 0.1) is 0 Å². The topological polar surface area (TPSA) is 80.8 Å². The zero-order valence-corrected chi connectivity index (χ0v) is 12.7. The molecule has 108 valence electrons. The van der Waals surface area contributed by atoms with Crippen LogP contribution in [0.1, 0.15) is 27.7 Å². The number of fused-ring (bicyclic) bond motifs is 1. The van der Waals surface area contributed by atoms with Gasteiger partial charge < -0.3 is 9.64 Å². The summed E-state index contributed by atoms with van der Waals surface area (Å²) in [5.41, 5.74) is 0. The first-order valence-corrected chi connectivity index (χ1v) is 7.92. The third-order valence-electron chi connectivity index (χ3n) is 3.58. The number of hydrogen-bond donors (Lipinski definition) is 0. The molecule has 2 rings (SSSR count). The van der Waals surface area contributed by atoms with Crippen LogP contribution in [-0.2, 0) is 24.2 Å². The average Bonchev–Trinajstić information content (AvgIpc) is 2.39. The van der Waals surface area contributed by atoms with Crippen LogP contribution in [0.25, 0.3) is 0 Å². The molecular formula is C11H16ClNO5S. The summed E-state index contributed by atoms with van der Waals surface area (Å²) in [6, 6.07) is -1.13. The number of alkyl halides is 1. The molecule has 0 aromatic carbocycles. The number of rotatable bonds is 2. The standard InChI is InChI=1S/C11H16ClNO5S/c1-5(2)18-10(15)7-11(3,4)19(16,17)9-6(12)8(14)13(7)9/h5-7,9H,1-4H3/t6-,7-,9+/m0/s1. The number of hydrogen-bond acceptors (Lipinski definition) is 5. The molecule has 19 heavy (non-hydrogen) atoms. The first-order chi connectivity index (χ1) is 8.53. The van der Waals surface area contributed by atoms with Crippen LogP contribution >= 0.6 is 11.6 Å². The summed E-state index contributed by atoms with van der Waals surface area (Å²) < 4.78 is 28.4. The van der Waals surface area contributed by atoms with Gasteiger partial charge in [0.15, 0.2) is 15.2 Å². The summed E-state index contributed by atoms with van der Waals surface area (Å²) in [5.74, 6) is -1.24. The summed E-state index contributed by atoms with van der Waals surface area (Å²) in [6.07, 6.45) is -0.381. The molecule has 8 heteroatoms. The maximum atomic E-state index is 12.3. The van der Waals surface area contributed by atoms with E-state index in [9.17, 15) is 18.0 Å². The van der Waals surface area contributed by atoms with Gasteiger partial charge in [0.2, 0.25) is 5.91 Å². The minimum atomic E-state index is -3.71. The molecule has 0 N–H and O–H groups in total. The number of halogens is 1. The van der Waals surface area contributed by atoms with E-state index in [1.807, 2.05) is 0 Å². The van der Waals surface area contributed by atoms with Crippen LogP contribution in [0.2, 0.25) is 0 Å². The third kappa shape index (κ3) is 1.71. The Labute approximate surface area is 117 Å². The molecule has 2 fully saturated rings. The van der Waals surface area contributed by atoms with Gasteiger partial charge in [-0.25, -0.2) is 13.2 Å². The highest BCUT2D eigenvalue weighted by Crippen LogP contribution is 2.47. The molecular weight excluding hydrogens is 294 g/mol. The quantitative estimate of drug-likeness (QED) is 0.416. The Morgan fingerprint density at radius 3 is 2.42 bits per heavy atom. The van der Waals surface area contributed by atoms with Gasteiger partial charge in [-0.15, -0.1) is 11.6 Å². The lowest BCUT2D eigenvalue weighted by molar-refractivity contribution is -0.163. The predicted molar refractivity (Wildman–Crippen MR) is 68.3 cm³/mol. The maximum Gasteiger partial charge on any atom is 0.330 e. The summed E-state index contributed by atoms with van der Waals surface area (Å²) >= 11 is 5.77. The van der Waals surface area contributed by atoms with Gasteiger partial charge in [-0.05, 0) is 27.7 Å². The number of ether oxygens (including phenoxy) is 1. The minimum absolute atomic E-state index is 0.381. The van der Waals surface area contributed by atoms with E-state index in [0.29, 0.717) is 0 Å². The Hall–Kier alpha value is -0.820. The van der Waals surface area contributed by atoms with Gasteiger partial charge in [-0.3, -0.25) is 4.79 Å². The van der Waals surface area contributed by atoms with Crippen molar-refractivity contribution in [1.82, 2.24) is 4.90 Å². The van der Waals surface area contributed by atoms with Crippen molar-refractivity contribution in [2.75, 3.05) is 0 Å². The fourth-order valence-electron chi connectivity index (χ4n) is 2.53. The number of nitrogens with zero attached hydrogens (tertiary/aromatic N) is 1. The fraction of sp³-hybridized carbons (Fsp3) is 0.818. The summed E-state index contributed by atoms with van der Waals surface area (Å²) in [6.45, 7) is 6.16. The van der Waals surface area contributed by atoms with E-state index in [4.69, 9.17) is 16.3 Å². The minimum Gasteiger partial charge on any atom is -0.461 e. The van der Waals surface area contributed by atoms with Gasteiger partial charge in [-0.2, -0.15) is 0 Å². The van der Waals surface area contributed by atoms with Crippen LogP contribution in [0.3, 0.4) is 0 Å². The molecule has 0 spiro atoms. The molecule has 1 amide bonds. The average molecular weight is 310 g/mol. The molecule has 0 radical (unpaired) electrons. The van der Waals surface area contributed by atoms with Crippen LogP contribution < -0.4 is 0 Å². The summed E-state index contributed by atoms with van der Waals surface area (Å²) in [7, 11) is -3.71. The molecule has 2 aliphatic rings. The second-order valence-corrected chi connectivity index (χ2v) is 8.67. The van der Waals surface area contributed by atoms with Crippen LogP contribution in [-0.4, -0.2) is 52.8 Å².